The van der Waals surface area contributed by atoms with Crippen molar-refractivity contribution < 1.29 is 27.4 Å². The first-order chi connectivity index (χ1) is 30.7. The number of hydrogen-bond acceptors (Lipinski definition) is 13. The smallest absolute Gasteiger partial charge is 0.248 e. The summed E-state index contributed by atoms with van der Waals surface area (Å²) < 4.78 is 39.7. The van der Waals surface area contributed by atoms with E-state index in [2.05, 4.69) is 56.7 Å². The van der Waals surface area contributed by atoms with Gasteiger partial charge in [0.05, 0.1) is 25.2 Å². The van der Waals surface area contributed by atoms with E-state index in [1.807, 2.05) is 4.90 Å². The first kappa shape index (κ1) is 52.6. The minimum absolute atomic E-state index is 0.0323. The molecule has 3 atom stereocenters. The molecule has 1 aromatic rings. The third-order valence-corrected chi connectivity index (χ3v) is 16.4. The molecule has 6 heterocycles. The van der Waals surface area contributed by atoms with Gasteiger partial charge in [0.25, 0.3) is 0 Å². The summed E-state index contributed by atoms with van der Waals surface area (Å²) in [7, 11) is 5.93. The van der Waals surface area contributed by atoms with Crippen LogP contribution in [0, 0.1) is 24.7 Å². The molecule has 3 N–H and O–H groups in total. The number of rotatable bonds is 14. The normalized spacial score (nSPS) is 25.2. The number of nitroso groups, excluding NO2 is 1. The monoisotopic (exact) mass is 920 g/mol. The Labute approximate surface area is 387 Å². The van der Waals surface area contributed by atoms with Gasteiger partial charge in [-0.05, 0) is 142 Å². The number of nitrogens with zero attached hydrogens (tertiary/aromatic N) is 7. The number of piperidine rings is 5. The summed E-state index contributed by atoms with van der Waals surface area (Å²) in [6, 6.07) is 4.79. The number of likely N-dealkylation sites (N-methyl/N-ethyl adjacent to an activating group) is 2. The van der Waals surface area contributed by atoms with Gasteiger partial charge in [-0.3, -0.25) is 4.79 Å². The molecule has 0 aliphatic carbocycles. The minimum Gasteiger partial charge on any atom is -0.497 e. The van der Waals surface area contributed by atoms with Crippen LogP contribution in [0.15, 0.2) is 17.0 Å². The first-order valence-corrected chi connectivity index (χ1v) is 26.1. The molecule has 0 bridgehead atoms. The van der Waals surface area contributed by atoms with Gasteiger partial charge in [0.1, 0.15) is 12.4 Å². The van der Waals surface area contributed by atoms with Crippen molar-refractivity contribution in [1.29, 1.82) is 0 Å². The molecule has 1 amide bonds. The molecule has 16 nitrogen and oxygen atoms in total. The predicted octanol–water partition coefficient (Wildman–Crippen LogP) is 2.47. The van der Waals surface area contributed by atoms with Crippen LogP contribution in [0.25, 0.3) is 0 Å². The number of piperazine rings is 1. The van der Waals surface area contributed by atoms with Crippen LogP contribution >= 0.6 is 0 Å². The maximum absolute atomic E-state index is 13.1. The van der Waals surface area contributed by atoms with Crippen LogP contribution in [0.4, 0.5) is 0 Å². The topological polar surface area (TPSA) is 145 Å². The van der Waals surface area contributed by atoms with Crippen molar-refractivity contribution in [2.75, 3.05) is 153 Å². The summed E-state index contributed by atoms with van der Waals surface area (Å²) in [5, 5.41) is 10.6. The Balaban J connectivity index is 0.000000216. The second kappa shape index (κ2) is 26.9. The zero-order valence-electron chi connectivity index (χ0n) is 40.8. The number of carbonyl (C=O) groups is 1. The quantitative estimate of drug-likeness (QED) is 0.186. The van der Waals surface area contributed by atoms with Gasteiger partial charge in [0.15, 0.2) is 0 Å². The van der Waals surface area contributed by atoms with Gasteiger partial charge in [0.2, 0.25) is 28.0 Å². The lowest BCUT2D eigenvalue weighted by atomic mass is 9.99. The molecule has 0 aromatic heterocycles. The van der Waals surface area contributed by atoms with E-state index < -0.39 is 10.0 Å². The molecule has 6 saturated heterocycles. The number of amides is 1. The zero-order chi connectivity index (χ0) is 46.1. The average molecular weight is 920 g/mol. The molecule has 0 radical (unpaired) electrons. The van der Waals surface area contributed by atoms with Gasteiger partial charge in [-0.1, -0.05) is 0 Å². The summed E-state index contributed by atoms with van der Waals surface area (Å²) in [6.45, 7) is 20.4. The Morgan fingerprint density at radius 2 is 1.39 bits per heavy atom. The van der Waals surface area contributed by atoms with Crippen molar-refractivity contribution in [3.05, 3.63) is 28.2 Å². The van der Waals surface area contributed by atoms with E-state index >= 15 is 0 Å². The van der Waals surface area contributed by atoms with Gasteiger partial charge in [-0.2, -0.15) is 4.31 Å². The highest BCUT2D eigenvalue weighted by atomic mass is 32.2. The highest BCUT2D eigenvalue weighted by Gasteiger charge is 2.36. The SMILES string of the molecule is CN1CCC([N+](=O)[C@@H]2CCCNC2)CC1.CN1CCN(C[C@@H]2CCCNC2)CC1.COc1cc(C)c(S(=O)(=O)N(C)CCOCC(=O)N2CCC[C@@H](NC3CCN(C)CC3)C2)c(C)c1. The van der Waals surface area contributed by atoms with E-state index in [9.17, 15) is 18.1 Å². The summed E-state index contributed by atoms with van der Waals surface area (Å²) >= 11 is 0. The van der Waals surface area contributed by atoms with Crippen LogP contribution in [0.2, 0.25) is 0 Å². The maximum Gasteiger partial charge on any atom is 0.248 e. The molecule has 7 rings (SSSR count). The molecule has 0 spiro atoms. The number of hydrogen-bond donors (Lipinski definition) is 3. The molecule has 0 saturated carbocycles. The first-order valence-electron chi connectivity index (χ1n) is 24.6. The lowest BCUT2D eigenvalue weighted by Gasteiger charge is -2.37. The third-order valence-electron chi connectivity index (χ3n) is 14.3. The second-order valence-electron chi connectivity index (χ2n) is 19.6. The maximum atomic E-state index is 13.1. The molecule has 6 aliphatic heterocycles. The molecular formula is C47H87N10O6S+. The van der Waals surface area contributed by atoms with Crippen molar-refractivity contribution in [1.82, 2.24) is 44.8 Å². The zero-order valence-corrected chi connectivity index (χ0v) is 41.6. The highest BCUT2D eigenvalue weighted by molar-refractivity contribution is 7.89. The fraction of sp³-hybridized carbons (Fsp3) is 0.851. The molecule has 6 fully saturated rings. The summed E-state index contributed by atoms with van der Waals surface area (Å²) in [5.41, 5.74) is 1.27. The van der Waals surface area contributed by atoms with Crippen LogP contribution in [0.5, 0.6) is 5.75 Å². The van der Waals surface area contributed by atoms with E-state index in [1.54, 1.807) is 33.1 Å². The fourth-order valence-corrected chi connectivity index (χ4v) is 11.6. The number of sulfonamides is 1. The molecule has 0 unspecified atom stereocenters. The summed E-state index contributed by atoms with van der Waals surface area (Å²) in [4.78, 5) is 36.7. The van der Waals surface area contributed by atoms with Crippen LogP contribution in [0.3, 0.4) is 0 Å². The van der Waals surface area contributed by atoms with Gasteiger partial charge >= 0.3 is 0 Å². The Bertz CT molecular complexity index is 1630. The van der Waals surface area contributed by atoms with Gasteiger partial charge in [-0.15, -0.1) is 0 Å². The highest BCUT2D eigenvalue weighted by Crippen LogP contribution is 2.28. The number of methoxy groups -OCH3 is 1. The minimum atomic E-state index is -3.68. The fourth-order valence-electron chi connectivity index (χ4n) is 10.1. The van der Waals surface area contributed by atoms with Crippen molar-refractivity contribution in [2.45, 2.75) is 107 Å². The van der Waals surface area contributed by atoms with Gasteiger partial charge in [0, 0.05) is 114 Å². The lowest BCUT2D eigenvalue weighted by molar-refractivity contribution is -0.623. The molecule has 1 aromatic carbocycles. The average Bonchev–Trinajstić information content (AvgIpc) is 3.30. The van der Waals surface area contributed by atoms with E-state index in [1.165, 1.54) is 74.8 Å². The Morgan fingerprint density at radius 1 is 0.781 bits per heavy atom. The van der Waals surface area contributed by atoms with Gasteiger partial charge < -0.3 is 49.9 Å². The van der Waals surface area contributed by atoms with Crippen molar-refractivity contribution >= 4 is 15.9 Å². The van der Waals surface area contributed by atoms with Crippen molar-refractivity contribution in [3.63, 3.8) is 0 Å². The Kier molecular flexibility index (Phi) is 22.1. The molecule has 6 aliphatic rings. The molecular weight excluding hydrogens is 833 g/mol. The number of aryl methyl sites for hydroxylation is 2. The number of carbonyl (C=O) groups excluding carboxylic acids is 1. The van der Waals surface area contributed by atoms with E-state index in [0.29, 0.717) is 35.5 Å². The van der Waals surface area contributed by atoms with E-state index in [-0.39, 0.29) is 42.6 Å². The molecule has 64 heavy (non-hydrogen) atoms. The third kappa shape index (κ3) is 16.8. The summed E-state index contributed by atoms with van der Waals surface area (Å²) in [5.74, 6) is 1.50. The van der Waals surface area contributed by atoms with Crippen molar-refractivity contribution in [3.8, 4) is 5.75 Å². The standard InChI is InChI=1S/C25H42N4O5S.C11H22N3O.C11H23N3/c1-19-15-23(33-5)16-20(2)25(19)35(31,32)28(4)13-14-34-18-24(30)29-10-6-7-22(17-29)26-21-8-11-27(3)12-9-21;1-13-7-4-10(5-8-13)14(15)11-3-2-6-12-9-11;1-13-5-7-14(8-6-13)10-11-3-2-4-12-9-11/h15-16,21-22,26H,6-14,17-18H2,1-5H3;10-12H,2-9H2,1H3;11-12H,2-10H2,1H3/q;+1;/t22-;2*11-/m111/s1. The predicted molar refractivity (Wildman–Crippen MR) is 256 cm³/mol. The van der Waals surface area contributed by atoms with Crippen LogP contribution in [-0.2, 0) is 19.6 Å². The second-order valence-corrected chi connectivity index (χ2v) is 21.6. The number of ether oxygens (including phenoxy) is 2. The van der Waals surface area contributed by atoms with Crippen LogP contribution in [-0.4, -0.2) is 225 Å². The number of likely N-dealkylation sites (tertiary alicyclic amines) is 3. The lowest BCUT2D eigenvalue weighted by Crippen LogP contribution is -2.53. The van der Waals surface area contributed by atoms with Crippen molar-refractivity contribution in [2.24, 2.45) is 5.92 Å². The van der Waals surface area contributed by atoms with E-state index in [0.717, 1.165) is 103 Å². The number of nitrogens with one attached hydrogen (secondary N) is 3. The van der Waals surface area contributed by atoms with Crippen LogP contribution in [0.1, 0.15) is 75.3 Å². The molecule has 17 heteroatoms. The largest absolute Gasteiger partial charge is 0.497 e. The summed E-state index contributed by atoms with van der Waals surface area (Å²) in [6.07, 6.45) is 11.5. The Hall–Kier alpha value is -2.32. The van der Waals surface area contributed by atoms with E-state index in [4.69, 9.17) is 9.47 Å². The Morgan fingerprint density at radius 3 is 1.98 bits per heavy atom. The van der Waals surface area contributed by atoms with Gasteiger partial charge in [-0.25, -0.2) is 8.42 Å². The number of benzene rings is 1. The molecule has 366 valence electrons. The van der Waals surface area contributed by atoms with Crippen LogP contribution < -0.4 is 20.7 Å².